The molecule has 2 aliphatic rings. The molecule has 2 rings (SSSR count). The molecule has 1 N–H and O–H groups in total. The highest BCUT2D eigenvalue weighted by atomic mass is 16.5. The van der Waals surface area contributed by atoms with Crippen LogP contribution in [-0.2, 0) is 0 Å². The third-order valence-corrected chi connectivity index (χ3v) is 1.26. The maximum Gasteiger partial charge on any atom is 0.256 e. The Labute approximate surface area is 56.5 Å². The van der Waals surface area contributed by atoms with Crippen molar-refractivity contribution < 1.29 is 4.52 Å². The summed E-state index contributed by atoms with van der Waals surface area (Å²) in [5.41, 5.74) is 0.920. The first-order valence-corrected chi connectivity index (χ1v) is 2.84. The average molecular weight is 135 g/mol. The largest absolute Gasteiger partial charge is 0.380 e. The van der Waals surface area contributed by atoms with Gasteiger partial charge in [-0.25, -0.2) is 4.98 Å². The van der Waals surface area contributed by atoms with E-state index in [4.69, 9.17) is 9.93 Å². The summed E-state index contributed by atoms with van der Waals surface area (Å²) in [6.07, 6.45) is 3.10. The van der Waals surface area contributed by atoms with Crippen LogP contribution >= 0.6 is 0 Å². The van der Waals surface area contributed by atoms with Crippen LogP contribution in [-0.4, -0.2) is 9.72 Å². The average Bonchev–Trinajstić information content (AvgIpc) is 2.34. The SMILES string of the molecule is N=c1ncc2cccon1-2. The van der Waals surface area contributed by atoms with Crippen molar-refractivity contribution in [2.75, 3.05) is 0 Å². The molecule has 0 aliphatic carbocycles. The summed E-state index contributed by atoms with van der Waals surface area (Å²) in [6.45, 7) is 0. The smallest absolute Gasteiger partial charge is 0.256 e. The molecule has 0 fully saturated rings. The third-order valence-electron chi connectivity index (χ3n) is 1.26. The number of nitrogens with zero attached hydrogens (tertiary/aromatic N) is 2. The van der Waals surface area contributed by atoms with Gasteiger partial charge in [0.05, 0.1) is 6.20 Å². The monoisotopic (exact) mass is 135 g/mol. The van der Waals surface area contributed by atoms with Gasteiger partial charge in [-0.15, -0.1) is 4.74 Å². The molecule has 0 bridgehead atoms. The Hall–Kier alpha value is -1.58. The fourth-order valence-electron chi connectivity index (χ4n) is 0.810. The lowest BCUT2D eigenvalue weighted by atomic mass is 10.5. The van der Waals surface area contributed by atoms with E-state index >= 15 is 0 Å². The summed E-state index contributed by atoms with van der Waals surface area (Å²) in [5.74, 6) is 0. The molecule has 10 heavy (non-hydrogen) atoms. The van der Waals surface area contributed by atoms with E-state index in [-0.39, 0.29) is 5.62 Å². The molecule has 0 aromatic carbocycles. The van der Waals surface area contributed by atoms with Crippen LogP contribution in [0.4, 0.5) is 0 Å². The molecule has 0 aromatic rings. The molecule has 0 saturated carbocycles. The van der Waals surface area contributed by atoms with E-state index < -0.39 is 0 Å². The van der Waals surface area contributed by atoms with Gasteiger partial charge in [0, 0.05) is 0 Å². The van der Waals surface area contributed by atoms with E-state index in [1.54, 1.807) is 12.3 Å². The Morgan fingerprint density at radius 1 is 1.60 bits per heavy atom. The maximum atomic E-state index is 7.20. The first-order valence-electron chi connectivity index (χ1n) is 2.84. The van der Waals surface area contributed by atoms with Crippen molar-refractivity contribution >= 4 is 0 Å². The lowest BCUT2D eigenvalue weighted by molar-refractivity contribution is 0.312. The minimum absolute atomic E-state index is 0.121. The van der Waals surface area contributed by atoms with Crippen LogP contribution in [0.25, 0.3) is 5.69 Å². The third kappa shape index (κ3) is 0.556. The van der Waals surface area contributed by atoms with Gasteiger partial charge in [-0.05, 0) is 12.1 Å². The number of aromatic nitrogens is 2. The molecule has 0 atom stereocenters. The number of rotatable bonds is 0. The molecule has 0 amide bonds. The highest BCUT2D eigenvalue weighted by Gasteiger charge is 2.01. The molecular weight excluding hydrogens is 130 g/mol. The number of fused-ring (bicyclic) bond motifs is 1. The molecule has 2 aliphatic heterocycles. The first-order chi connectivity index (χ1) is 4.88. The molecule has 0 saturated heterocycles. The lowest BCUT2D eigenvalue weighted by Crippen LogP contribution is -2.12. The normalized spacial score (nSPS) is 10.4. The van der Waals surface area contributed by atoms with Gasteiger partial charge >= 0.3 is 0 Å². The number of hydrogen-bond donors (Lipinski definition) is 1. The minimum Gasteiger partial charge on any atom is -0.380 e. The zero-order valence-corrected chi connectivity index (χ0v) is 5.11. The first kappa shape index (κ1) is 5.22. The molecule has 50 valence electrons. The molecule has 0 unspecified atom stereocenters. The fourth-order valence-corrected chi connectivity index (χ4v) is 0.810. The van der Waals surface area contributed by atoms with E-state index in [0.717, 1.165) is 5.69 Å². The Bertz CT molecular complexity index is 362. The molecule has 0 radical (unpaired) electrons. The van der Waals surface area contributed by atoms with E-state index in [9.17, 15) is 0 Å². The second kappa shape index (κ2) is 1.70. The molecular formula is C6H5N3O. The minimum atomic E-state index is 0.121. The van der Waals surface area contributed by atoms with Crippen LogP contribution in [0.1, 0.15) is 0 Å². The van der Waals surface area contributed by atoms with E-state index in [0.29, 0.717) is 0 Å². The number of nitrogens with one attached hydrogen (secondary N) is 1. The molecule has 0 spiro atoms. The predicted octanol–water partition coefficient (Wildman–Crippen LogP) is 0.383. The van der Waals surface area contributed by atoms with Crippen LogP contribution in [0.3, 0.4) is 0 Å². The quantitative estimate of drug-likeness (QED) is 0.567. The number of imidazole rings is 1. The highest BCUT2D eigenvalue weighted by molar-refractivity contribution is 5.24. The van der Waals surface area contributed by atoms with Crippen LogP contribution in [0, 0.1) is 5.41 Å². The van der Waals surface area contributed by atoms with E-state index in [2.05, 4.69) is 4.98 Å². The summed E-state index contributed by atoms with van der Waals surface area (Å²) in [4.78, 5) is 3.73. The van der Waals surface area contributed by atoms with Gasteiger partial charge in [-0.1, -0.05) is 0 Å². The van der Waals surface area contributed by atoms with E-state index in [1.807, 2.05) is 6.07 Å². The summed E-state index contributed by atoms with van der Waals surface area (Å²) >= 11 is 0. The van der Waals surface area contributed by atoms with Gasteiger partial charge in [0.1, 0.15) is 12.0 Å². The van der Waals surface area contributed by atoms with Crippen LogP contribution in [0.2, 0.25) is 0 Å². The van der Waals surface area contributed by atoms with Gasteiger partial charge in [0.2, 0.25) is 0 Å². The number of hydrogen-bond acceptors (Lipinski definition) is 3. The van der Waals surface area contributed by atoms with Gasteiger partial charge in [0.25, 0.3) is 5.62 Å². The molecule has 4 heteroatoms. The van der Waals surface area contributed by atoms with Crippen LogP contribution in [0.5, 0.6) is 0 Å². The second-order valence-corrected chi connectivity index (χ2v) is 1.90. The summed E-state index contributed by atoms with van der Waals surface area (Å²) < 4.78 is 6.30. The van der Waals surface area contributed by atoms with Gasteiger partial charge in [-0.2, -0.15) is 0 Å². The van der Waals surface area contributed by atoms with E-state index in [1.165, 1.54) is 11.0 Å². The second-order valence-electron chi connectivity index (χ2n) is 1.90. The topological polar surface area (TPSA) is 54.8 Å². The molecule has 4 nitrogen and oxygen atoms in total. The Morgan fingerprint density at radius 3 is 3.30 bits per heavy atom. The van der Waals surface area contributed by atoms with Gasteiger partial charge in [0.15, 0.2) is 0 Å². The zero-order valence-electron chi connectivity index (χ0n) is 5.11. The van der Waals surface area contributed by atoms with Crippen molar-refractivity contribution in [1.82, 2.24) is 9.72 Å². The fraction of sp³-hybridized carbons (Fsp3) is 0. The van der Waals surface area contributed by atoms with Crippen molar-refractivity contribution in [3.05, 3.63) is 30.2 Å². The van der Waals surface area contributed by atoms with Crippen molar-refractivity contribution in [3.63, 3.8) is 0 Å². The van der Waals surface area contributed by atoms with Gasteiger partial charge < -0.3 is 4.52 Å². The van der Waals surface area contributed by atoms with Gasteiger partial charge in [-0.3, -0.25) is 5.41 Å². The lowest BCUT2D eigenvalue weighted by Gasteiger charge is -1.95. The standard InChI is InChI=1S/C6H5N3O/c7-6-8-4-5-2-1-3-10-9(5)6/h1-4,7H. The van der Waals surface area contributed by atoms with Crippen molar-refractivity contribution in [1.29, 1.82) is 5.41 Å². The van der Waals surface area contributed by atoms with Crippen LogP contribution in [0.15, 0.2) is 29.1 Å². The zero-order chi connectivity index (χ0) is 6.97. The predicted molar refractivity (Wildman–Crippen MR) is 32.9 cm³/mol. The Morgan fingerprint density at radius 2 is 2.50 bits per heavy atom. The Kier molecular flexibility index (Phi) is 0.887. The highest BCUT2D eigenvalue weighted by Crippen LogP contribution is 2.01. The van der Waals surface area contributed by atoms with Crippen LogP contribution < -0.4 is 5.62 Å². The molecule has 2 heterocycles. The maximum absolute atomic E-state index is 7.20. The van der Waals surface area contributed by atoms with Crippen molar-refractivity contribution in [2.45, 2.75) is 0 Å². The summed E-state index contributed by atoms with van der Waals surface area (Å²) in [7, 11) is 0. The molecule has 0 aromatic heterocycles. The van der Waals surface area contributed by atoms with Crippen molar-refractivity contribution in [3.8, 4) is 5.69 Å². The summed E-state index contributed by atoms with van der Waals surface area (Å²) in [5, 5.41) is 7.20. The Balaban J connectivity index is 2.91. The summed E-state index contributed by atoms with van der Waals surface area (Å²) in [6, 6.07) is 3.59. The van der Waals surface area contributed by atoms with Crippen molar-refractivity contribution in [2.24, 2.45) is 0 Å².